The van der Waals surface area contributed by atoms with E-state index in [9.17, 15) is 14.0 Å². The van der Waals surface area contributed by atoms with E-state index in [1.807, 2.05) is 0 Å². The Bertz CT molecular complexity index is 1040. The van der Waals surface area contributed by atoms with Crippen LogP contribution in [0.15, 0.2) is 65.1 Å². The minimum atomic E-state index is -0.519. The topological polar surface area (TPSA) is 71.8 Å². The molecular formula is C22H19FN2O4. The number of hydrogen-bond donors (Lipinski definition) is 1. The summed E-state index contributed by atoms with van der Waals surface area (Å²) in [6.07, 6.45) is 0. The molecule has 0 bridgehead atoms. The van der Waals surface area contributed by atoms with Gasteiger partial charge in [-0.15, -0.1) is 0 Å². The van der Waals surface area contributed by atoms with Gasteiger partial charge >= 0.3 is 0 Å². The number of hydrogen-bond acceptors (Lipinski definition) is 4. The van der Waals surface area contributed by atoms with Gasteiger partial charge in [-0.05, 0) is 36.4 Å². The Hall–Kier alpha value is -3.45. The predicted octanol–water partition coefficient (Wildman–Crippen LogP) is 3.81. The number of halogens is 1. The fourth-order valence-corrected chi connectivity index (χ4v) is 3.17. The first-order valence-electron chi connectivity index (χ1n) is 9.25. The van der Waals surface area contributed by atoms with Gasteiger partial charge in [0.15, 0.2) is 5.76 Å². The molecule has 2 aromatic carbocycles. The summed E-state index contributed by atoms with van der Waals surface area (Å²) < 4.78 is 24.8. The number of nitrogens with one attached hydrogen (secondary N) is 1. The lowest BCUT2D eigenvalue weighted by molar-refractivity contribution is 0.0303. The number of morpholine rings is 1. The highest BCUT2D eigenvalue weighted by atomic mass is 19.1. The zero-order valence-electron chi connectivity index (χ0n) is 15.6. The molecule has 3 aromatic rings. The maximum atomic E-state index is 13.9. The van der Waals surface area contributed by atoms with Crippen molar-refractivity contribution in [1.29, 1.82) is 0 Å². The van der Waals surface area contributed by atoms with E-state index in [2.05, 4.69) is 5.32 Å². The Morgan fingerprint density at radius 1 is 0.931 bits per heavy atom. The van der Waals surface area contributed by atoms with Gasteiger partial charge in [0.05, 0.1) is 30.0 Å². The summed E-state index contributed by atoms with van der Waals surface area (Å²) in [7, 11) is 0. The van der Waals surface area contributed by atoms with Crippen molar-refractivity contribution < 1.29 is 23.1 Å². The molecule has 6 nitrogen and oxygen atoms in total. The summed E-state index contributed by atoms with van der Waals surface area (Å²) in [6.45, 7) is 1.99. The number of carbonyl (C=O) groups is 2. The fraction of sp³-hybridized carbons (Fsp3) is 0.182. The minimum Gasteiger partial charge on any atom is -0.451 e. The third-order valence-electron chi connectivity index (χ3n) is 4.67. The number of rotatable bonds is 4. The molecule has 0 spiro atoms. The average Bonchev–Trinajstić information content (AvgIpc) is 3.25. The Morgan fingerprint density at radius 2 is 1.66 bits per heavy atom. The monoisotopic (exact) mass is 394 g/mol. The van der Waals surface area contributed by atoms with Crippen LogP contribution in [0.3, 0.4) is 0 Å². The second kappa shape index (κ2) is 8.28. The molecule has 2 heterocycles. The highest BCUT2D eigenvalue weighted by Gasteiger charge is 2.22. The van der Waals surface area contributed by atoms with Crippen LogP contribution in [0.5, 0.6) is 0 Å². The zero-order chi connectivity index (χ0) is 20.2. The highest BCUT2D eigenvalue weighted by molar-refractivity contribution is 6.08. The number of ether oxygens (including phenoxy) is 1. The molecule has 1 aromatic heterocycles. The lowest BCUT2D eigenvalue weighted by atomic mass is 10.1. The third kappa shape index (κ3) is 4.05. The summed E-state index contributed by atoms with van der Waals surface area (Å²) in [5.74, 6) is -0.844. The number of furan rings is 1. The highest BCUT2D eigenvalue weighted by Crippen LogP contribution is 2.26. The minimum absolute atomic E-state index is 0.0249. The van der Waals surface area contributed by atoms with Gasteiger partial charge in [0.25, 0.3) is 11.8 Å². The van der Waals surface area contributed by atoms with Crippen LogP contribution in [0.1, 0.15) is 20.9 Å². The maximum absolute atomic E-state index is 13.9. The lowest BCUT2D eigenvalue weighted by Gasteiger charge is -2.27. The molecule has 148 valence electrons. The first-order chi connectivity index (χ1) is 14.1. The third-order valence-corrected chi connectivity index (χ3v) is 4.67. The Labute approximate surface area is 166 Å². The molecule has 2 amide bonds. The standard InChI is InChI=1S/C22H19FN2O4/c23-17-7-3-1-5-15(17)19-9-10-20(29-19)21(26)24-18-8-4-2-6-16(18)22(27)25-11-13-28-14-12-25/h1-10H,11-14H2,(H,24,26). The van der Waals surface area contributed by atoms with E-state index >= 15 is 0 Å². The Kier molecular flexibility index (Phi) is 5.39. The van der Waals surface area contributed by atoms with E-state index in [0.717, 1.165) is 0 Å². The van der Waals surface area contributed by atoms with Gasteiger partial charge in [-0.3, -0.25) is 9.59 Å². The van der Waals surface area contributed by atoms with Crippen LogP contribution in [-0.4, -0.2) is 43.0 Å². The van der Waals surface area contributed by atoms with Gasteiger partial charge < -0.3 is 19.4 Å². The van der Waals surface area contributed by atoms with Crippen molar-refractivity contribution in [2.75, 3.05) is 31.6 Å². The summed E-state index contributed by atoms with van der Waals surface area (Å²) >= 11 is 0. The van der Waals surface area contributed by atoms with Gasteiger partial charge in [-0.25, -0.2) is 4.39 Å². The molecule has 0 saturated carbocycles. The first-order valence-corrected chi connectivity index (χ1v) is 9.25. The average molecular weight is 394 g/mol. The number of benzene rings is 2. The summed E-state index contributed by atoms with van der Waals surface area (Å²) in [4.78, 5) is 27.2. The van der Waals surface area contributed by atoms with Crippen LogP contribution in [0.2, 0.25) is 0 Å². The molecule has 4 rings (SSSR count). The molecule has 1 saturated heterocycles. The van der Waals surface area contributed by atoms with Crippen molar-refractivity contribution in [3.8, 4) is 11.3 Å². The van der Waals surface area contributed by atoms with Crippen LogP contribution in [-0.2, 0) is 4.74 Å². The quantitative estimate of drug-likeness (QED) is 0.730. The van der Waals surface area contributed by atoms with Crippen molar-refractivity contribution >= 4 is 17.5 Å². The molecule has 1 N–H and O–H groups in total. The van der Waals surface area contributed by atoms with Crippen molar-refractivity contribution in [1.82, 2.24) is 4.90 Å². The number of nitrogens with zero attached hydrogens (tertiary/aromatic N) is 1. The molecule has 0 aliphatic carbocycles. The summed E-state index contributed by atoms with van der Waals surface area (Å²) in [6, 6.07) is 16.0. The molecule has 0 atom stereocenters. The second-order valence-corrected chi connectivity index (χ2v) is 6.55. The van der Waals surface area contributed by atoms with Crippen molar-refractivity contribution in [3.63, 3.8) is 0 Å². The van der Waals surface area contributed by atoms with Gasteiger partial charge in [0.1, 0.15) is 11.6 Å². The lowest BCUT2D eigenvalue weighted by Crippen LogP contribution is -2.41. The number of anilines is 1. The van der Waals surface area contributed by atoms with Gasteiger partial charge in [-0.1, -0.05) is 24.3 Å². The van der Waals surface area contributed by atoms with E-state index < -0.39 is 11.7 Å². The Morgan fingerprint density at radius 3 is 2.45 bits per heavy atom. The molecule has 1 fully saturated rings. The van der Waals surface area contributed by atoms with Crippen molar-refractivity contribution in [2.24, 2.45) is 0 Å². The van der Waals surface area contributed by atoms with Crippen LogP contribution in [0, 0.1) is 5.82 Å². The zero-order valence-corrected chi connectivity index (χ0v) is 15.6. The molecule has 1 aliphatic rings. The largest absolute Gasteiger partial charge is 0.451 e. The van der Waals surface area contributed by atoms with Crippen LogP contribution >= 0.6 is 0 Å². The predicted molar refractivity (Wildman–Crippen MR) is 105 cm³/mol. The van der Waals surface area contributed by atoms with Crippen molar-refractivity contribution in [3.05, 3.63) is 77.8 Å². The SMILES string of the molecule is O=C(Nc1ccccc1C(=O)N1CCOCC1)c1ccc(-c2ccccc2F)o1. The van der Waals surface area contributed by atoms with E-state index in [4.69, 9.17) is 9.15 Å². The van der Waals surface area contributed by atoms with E-state index in [1.165, 1.54) is 18.2 Å². The molecule has 7 heteroatoms. The Balaban J connectivity index is 1.54. The molecule has 1 aliphatic heterocycles. The molecule has 29 heavy (non-hydrogen) atoms. The molecule has 0 radical (unpaired) electrons. The number of amides is 2. The smallest absolute Gasteiger partial charge is 0.291 e. The van der Waals surface area contributed by atoms with Crippen LogP contribution < -0.4 is 5.32 Å². The maximum Gasteiger partial charge on any atom is 0.291 e. The fourth-order valence-electron chi connectivity index (χ4n) is 3.17. The van der Waals surface area contributed by atoms with Gasteiger partial charge in [-0.2, -0.15) is 0 Å². The van der Waals surface area contributed by atoms with Gasteiger partial charge in [0, 0.05) is 13.1 Å². The number of carbonyl (C=O) groups excluding carboxylic acids is 2. The molecule has 0 unspecified atom stereocenters. The van der Waals surface area contributed by atoms with Crippen molar-refractivity contribution in [2.45, 2.75) is 0 Å². The molecular weight excluding hydrogens is 375 g/mol. The van der Waals surface area contributed by atoms with E-state index in [1.54, 1.807) is 47.4 Å². The van der Waals surface area contributed by atoms with Crippen LogP contribution in [0.4, 0.5) is 10.1 Å². The second-order valence-electron chi connectivity index (χ2n) is 6.55. The van der Waals surface area contributed by atoms with Gasteiger partial charge in [0.2, 0.25) is 0 Å². The number of para-hydroxylation sites is 1. The summed E-state index contributed by atoms with van der Waals surface area (Å²) in [5.41, 5.74) is 1.05. The van der Waals surface area contributed by atoms with Crippen LogP contribution in [0.25, 0.3) is 11.3 Å². The first kappa shape index (κ1) is 18.9. The van der Waals surface area contributed by atoms with E-state index in [-0.39, 0.29) is 23.0 Å². The van der Waals surface area contributed by atoms with E-state index in [0.29, 0.717) is 37.6 Å². The summed E-state index contributed by atoms with van der Waals surface area (Å²) in [5, 5.41) is 2.72. The normalized spacial score (nSPS) is 13.9.